The van der Waals surface area contributed by atoms with Crippen molar-refractivity contribution >= 4 is 16.9 Å². The second-order valence-electron chi connectivity index (χ2n) is 6.26. The number of hydrogen-bond acceptors (Lipinski definition) is 5. The van der Waals surface area contributed by atoms with Gasteiger partial charge < -0.3 is 14.4 Å². The molecule has 0 aliphatic carbocycles. The lowest BCUT2D eigenvalue weighted by atomic mass is 10.1. The molecule has 0 amide bonds. The van der Waals surface area contributed by atoms with Gasteiger partial charge in [0.05, 0.1) is 20.3 Å². The largest absolute Gasteiger partial charge is 0.497 e. The normalized spacial score (nSPS) is 15.1. The highest BCUT2D eigenvalue weighted by atomic mass is 32.2. The van der Waals surface area contributed by atoms with Gasteiger partial charge in [0.2, 0.25) is 0 Å². The molecule has 1 heterocycles. The van der Waals surface area contributed by atoms with E-state index in [4.69, 9.17) is 14.5 Å². The molecule has 138 valence electrons. The van der Waals surface area contributed by atoms with E-state index in [2.05, 4.69) is 48.2 Å². The molecule has 1 aliphatic rings. The van der Waals surface area contributed by atoms with Crippen LogP contribution in [0.2, 0.25) is 0 Å². The zero-order valence-corrected chi connectivity index (χ0v) is 16.5. The van der Waals surface area contributed by atoms with Gasteiger partial charge in [-0.3, -0.25) is 4.99 Å². The van der Waals surface area contributed by atoms with Gasteiger partial charge in [0.15, 0.2) is 5.17 Å². The number of nitrogens with zero attached hydrogens (tertiary/aromatic N) is 2. The Balaban J connectivity index is 1.92. The van der Waals surface area contributed by atoms with Crippen LogP contribution in [0.1, 0.15) is 30.5 Å². The average Bonchev–Trinajstić information content (AvgIpc) is 2.72. The first kappa shape index (κ1) is 18.6. The minimum Gasteiger partial charge on any atom is -0.497 e. The molecule has 0 aromatic heterocycles. The smallest absolute Gasteiger partial charge is 0.159 e. The van der Waals surface area contributed by atoms with Crippen molar-refractivity contribution in [2.75, 3.05) is 26.5 Å². The second-order valence-corrected chi connectivity index (χ2v) is 7.32. The maximum atomic E-state index is 5.61. The van der Waals surface area contributed by atoms with Crippen LogP contribution < -0.4 is 9.47 Å². The quantitative estimate of drug-likeness (QED) is 0.734. The summed E-state index contributed by atoms with van der Waals surface area (Å²) in [6, 6.07) is 16.8. The first-order chi connectivity index (χ1) is 12.7. The molecule has 1 aliphatic heterocycles. The molecule has 0 fully saturated rings. The van der Waals surface area contributed by atoms with Crippen molar-refractivity contribution in [2.24, 2.45) is 4.99 Å². The van der Waals surface area contributed by atoms with Crippen LogP contribution >= 0.6 is 11.8 Å². The standard InChI is InChI=1S/C21H26N2O2S/c1-16(17-8-5-4-6-9-17)23(21-22-12-7-13-26-21)15-18-10-11-19(24-2)14-20(18)25-3/h4-6,8-11,14,16H,7,12-13,15H2,1-3H3. The molecule has 0 radical (unpaired) electrons. The van der Waals surface area contributed by atoms with Gasteiger partial charge in [0.25, 0.3) is 0 Å². The molecule has 3 rings (SSSR count). The van der Waals surface area contributed by atoms with Crippen molar-refractivity contribution in [3.8, 4) is 11.5 Å². The number of ether oxygens (including phenoxy) is 2. The van der Waals surface area contributed by atoms with Gasteiger partial charge in [-0.15, -0.1) is 0 Å². The molecular formula is C21H26N2O2S. The van der Waals surface area contributed by atoms with E-state index >= 15 is 0 Å². The maximum absolute atomic E-state index is 5.61. The van der Waals surface area contributed by atoms with Crippen LogP contribution in [-0.2, 0) is 6.54 Å². The Morgan fingerprint density at radius 1 is 1.12 bits per heavy atom. The Bertz CT molecular complexity index is 749. The number of aliphatic imine (C=N–C) groups is 1. The zero-order valence-electron chi connectivity index (χ0n) is 15.6. The summed E-state index contributed by atoms with van der Waals surface area (Å²) >= 11 is 1.85. The van der Waals surface area contributed by atoms with Crippen LogP contribution in [0, 0.1) is 0 Å². The number of thioether (sulfide) groups is 1. The molecule has 0 spiro atoms. The Kier molecular flexibility index (Phi) is 6.45. The molecule has 5 heteroatoms. The summed E-state index contributed by atoms with van der Waals surface area (Å²) in [5, 5.41) is 1.12. The Labute approximate surface area is 160 Å². The fraction of sp³-hybridized carbons (Fsp3) is 0.381. The lowest BCUT2D eigenvalue weighted by molar-refractivity contribution is 0.323. The SMILES string of the molecule is COc1ccc(CN(C2=NCCCS2)C(C)c2ccccc2)c(OC)c1. The van der Waals surface area contributed by atoms with Gasteiger partial charge in [-0.2, -0.15) is 0 Å². The van der Waals surface area contributed by atoms with E-state index in [1.165, 1.54) is 5.56 Å². The van der Waals surface area contributed by atoms with E-state index in [1.807, 2.05) is 23.9 Å². The number of hydrogen-bond donors (Lipinski definition) is 0. The highest BCUT2D eigenvalue weighted by Gasteiger charge is 2.23. The molecule has 2 aromatic carbocycles. The molecule has 1 atom stereocenters. The van der Waals surface area contributed by atoms with Crippen molar-refractivity contribution in [1.82, 2.24) is 4.90 Å². The molecule has 0 saturated carbocycles. The van der Waals surface area contributed by atoms with Crippen molar-refractivity contribution in [2.45, 2.75) is 25.9 Å². The Morgan fingerprint density at radius 3 is 2.58 bits per heavy atom. The van der Waals surface area contributed by atoms with Crippen LogP contribution in [-0.4, -0.2) is 36.6 Å². The number of methoxy groups -OCH3 is 2. The molecule has 0 bridgehead atoms. The highest BCUT2D eigenvalue weighted by Crippen LogP contribution is 2.32. The fourth-order valence-corrected chi connectivity index (χ4v) is 4.10. The van der Waals surface area contributed by atoms with E-state index < -0.39 is 0 Å². The first-order valence-corrected chi connectivity index (χ1v) is 9.91. The number of amidine groups is 1. The minimum atomic E-state index is 0.229. The zero-order chi connectivity index (χ0) is 18.4. The summed E-state index contributed by atoms with van der Waals surface area (Å²) < 4.78 is 10.9. The van der Waals surface area contributed by atoms with Crippen LogP contribution in [0.4, 0.5) is 0 Å². The van der Waals surface area contributed by atoms with Crippen molar-refractivity contribution < 1.29 is 9.47 Å². The number of rotatable bonds is 6. The Hall–Kier alpha value is -2.14. The lowest BCUT2D eigenvalue weighted by Gasteiger charge is -2.34. The van der Waals surface area contributed by atoms with Gasteiger partial charge in [-0.25, -0.2) is 0 Å². The van der Waals surface area contributed by atoms with Gasteiger partial charge in [0, 0.05) is 30.5 Å². The third-order valence-electron chi connectivity index (χ3n) is 4.61. The van der Waals surface area contributed by atoms with Crippen molar-refractivity contribution in [3.63, 3.8) is 0 Å². The van der Waals surface area contributed by atoms with Crippen LogP contribution in [0.15, 0.2) is 53.5 Å². The van der Waals surface area contributed by atoms with E-state index in [-0.39, 0.29) is 6.04 Å². The summed E-state index contributed by atoms with van der Waals surface area (Å²) in [6.45, 7) is 3.89. The van der Waals surface area contributed by atoms with Gasteiger partial charge in [0.1, 0.15) is 11.5 Å². The van der Waals surface area contributed by atoms with Crippen LogP contribution in [0.5, 0.6) is 11.5 Å². The molecule has 26 heavy (non-hydrogen) atoms. The van der Waals surface area contributed by atoms with Crippen LogP contribution in [0.3, 0.4) is 0 Å². The fourth-order valence-electron chi connectivity index (χ4n) is 3.07. The van der Waals surface area contributed by atoms with Crippen molar-refractivity contribution in [3.05, 3.63) is 59.7 Å². The van der Waals surface area contributed by atoms with Gasteiger partial charge in [-0.1, -0.05) is 42.1 Å². The Morgan fingerprint density at radius 2 is 1.92 bits per heavy atom. The van der Waals surface area contributed by atoms with E-state index in [0.717, 1.165) is 47.5 Å². The third kappa shape index (κ3) is 4.33. The molecule has 4 nitrogen and oxygen atoms in total. The minimum absolute atomic E-state index is 0.229. The van der Waals surface area contributed by atoms with E-state index in [9.17, 15) is 0 Å². The highest BCUT2D eigenvalue weighted by molar-refractivity contribution is 8.13. The molecule has 2 aromatic rings. The monoisotopic (exact) mass is 370 g/mol. The molecule has 0 saturated heterocycles. The topological polar surface area (TPSA) is 34.1 Å². The van der Waals surface area contributed by atoms with Crippen LogP contribution in [0.25, 0.3) is 0 Å². The first-order valence-electron chi connectivity index (χ1n) is 8.92. The summed E-state index contributed by atoms with van der Waals surface area (Å²) in [5.74, 6) is 2.77. The third-order valence-corrected chi connectivity index (χ3v) is 5.73. The predicted octanol–water partition coefficient (Wildman–Crippen LogP) is 4.76. The van der Waals surface area contributed by atoms with Gasteiger partial charge >= 0.3 is 0 Å². The summed E-state index contributed by atoms with van der Waals surface area (Å²) in [4.78, 5) is 7.18. The summed E-state index contributed by atoms with van der Waals surface area (Å²) in [6.07, 6.45) is 1.15. The van der Waals surface area contributed by atoms with Gasteiger partial charge in [-0.05, 0) is 31.0 Å². The molecule has 1 unspecified atom stereocenters. The number of benzene rings is 2. The summed E-state index contributed by atoms with van der Waals surface area (Å²) in [5.41, 5.74) is 2.42. The second kappa shape index (κ2) is 8.99. The van der Waals surface area contributed by atoms with Crippen molar-refractivity contribution in [1.29, 1.82) is 0 Å². The van der Waals surface area contributed by atoms with E-state index in [0.29, 0.717) is 0 Å². The maximum Gasteiger partial charge on any atom is 0.159 e. The molecular weight excluding hydrogens is 344 g/mol. The molecule has 0 N–H and O–H groups in total. The summed E-state index contributed by atoms with van der Waals surface area (Å²) in [7, 11) is 3.38. The predicted molar refractivity (Wildman–Crippen MR) is 109 cm³/mol. The van der Waals surface area contributed by atoms with E-state index in [1.54, 1.807) is 14.2 Å². The lowest BCUT2D eigenvalue weighted by Crippen LogP contribution is -2.33. The average molecular weight is 371 g/mol.